The third-order valence-corrected chi connectivity index (χ3v) is 5.26. The fraction of sp³-hybridized carbons (Fsp3) is 0.273. The SMILES string of the molecule is N[C@@H](Cc1ccccc1)C(=O)NC(=O)n1c(=O)n(CC2CCC(=O)O2)c2ccccc21. The average molecular weight is 422 g/mol. The quantitative estimate of drug-likeness (QED) is 0.595. The van der Waals surface area contributed by atoms with Crippen LogP contribution < -0.4 is 16.7 Å². The molecule has 160 valence electrons. The molecule has 1 aliphatic heterocycles. The van der Waals surface area contributed by atoms with Crippen LogP contribution in [0.5, 0.6) is 0 Å². The number of imidazole rings is 1. The van der Waals surface area contributed by atoms with Crippen molar-refractivity contribution in [1.82, 2.24) is 14.5 Å². The number of carbonyl (C=O) groups is 3. The Hall–Kier alpha value is -3.72. The Balaban J connectivity index is 1.56. The molecule has 9 nitrogen and oxygen atoms in total. The first kappa shape index (κ1) is 20.5. The van der Waals surface area contributed by atoms with Gasteiger partial charge in [0.25, 0.3) is 0 Å². The largest absolute Gasteiger partial charge is 0.460 e. The predicted molar refractivity (Wildman–Crippen MR) is 112 cm³/mol. The highest BCUT2D eigenvalue weighted by Crippen LogP contribution is 2.19. The van der Waals surface area contributed by atoms with Crippen molar-refractivity contribution in [3.63, 3.8) is 0 Å². The minimum absolute atomic E-state index is 0.132. The zero-order chi connectivity index (χ0) is 22.0. The van der Waals surface area contributed by atoms with E-state index in [1.165, 1.54) is 4.57 Å². The van der Waals surface area contributed by atoms with Crippen LogP contribution in [0.25, 0.3) is 11.0 Å². The van der Waals surface area contributed by atoms with Gasteiger partial charge in [-0.3, -0.25) is 19.5 Å². The number of nitrogens with two attached hydrogens (primary N) is 1. The minimum atomic E-state index is -0.951. The molecule has 1 aliphatic rings. The first-order valence-electron chi connectivity index (χ1n) is 9.98. The maximum absolute atomic E-state index is 13.0. The van der Waals surface area contributed by atoms with E-state index in [2.05, 4.69) is 5.32 Å². The van der Waals surface area contributed by atoms with Crippen LogP contribution in [-0.4, -0.2) is 39.2 Å². The number of para-hydroxylation sites is 2. The van der Waals surface area contributed by atoms with E-state index < -0.39 is 29.8 Å². The van der Waals surface area contributed by atoms with Crippen LogP contribution in [-0.2, 0) is 27.3 Å². The molecular formula is C22H22N4O5. The minimum Gasteiger partial charge on any atom is -0.460 e. The maximum atomic E-state index is 13.0. The van der Waals surface area contributed by atoms with Crippen molar-refractivity contribution in [3.8, 4) is 0 Å². The molecule has 2 heterocycles. The van der Waals surface area contributed by atoms with Gasteiger partial charge in [0.2, 0.25) is 5.91 Å². The lowest BCUT2D eigenvalue weighted by Gasteiger charge is -2.12. The van der Waals surface area contributed by atoms with Gasteiger partial charge in [-0.05, 0) is 30.5 Å². The number of carbonyl (C=O) groups excluding carboxylic acids is 3. The number of amides is 2. The number of esters is 1. The molecule has 1 unspecified atom stereocenters. The number of aromatic nitrogens is 2. The van der Waals surface area contributed by atoms with Crippen molar-refractivity contribution >= 4 is 28.9 Å². The van der Waals surface area contributed by atoms with Crippen molar-refractivity contribution < 1.29 is 19.1 Å². The third kappa shape index (κ3) is 4.26. The summed E-state index contributed by atoms with van der Waals surface area (Å²) < 4.78 is 7.50. The topological polar surface area (TPSA) is 125 Å². The van der Waals surface area contributed by atoms with Crippen molar-refractivity contribution in [2.24, 2.45) is 5.73 Å². The third-order valence-electron chi connectivity index (χ3n) is 5.26. The number of rotatable bonds is 5. The van der Waals surface area contributed by atoms with E-state index in [-0.39, 0.29) is 18.9 Å². The highest BCUT2D eigenvalue weighted by molar-refractivity contribution is 6.01. The molecule has 1 aromatic heterocycles. The Morgan fingerprint density at radius 3 is 2.42 bits per heavy atom. The summed E-state index contributed by atoms with van der Waals surface area (Å²) in [5.74, 6) is -0.986. The molecule has 0 spiro atoms. The smallest absolute Gasteiger partial charge is 0.337 e. The second kappa shape index (κ2) is 8.57. The Kier molecular flexibility index (Phi) is 5.68. The van der Waals surface area contributed by atoms with Crippen LogP contribution in [0.2, 0.25) is 0 Å². The molecule has 3 aromatic rings. The Bertz CT molecular complexity index is 1200. The van der Waals surface area contributed by atoms with Gasteiger partial charge in [-0.25, -0.2) is 14.2 Å². The summed E-state index contributed by atoms with van der Waals surface area (Å²) in [7, 11) is 0. The zero-order valence-electron chi connectivity index (χ0n) is 16.7. The second-order valence-electron chi connectivity index (χ2n) is 7.46. The summed E-state index contributed by atoms with van der Waals surface area (Å²) in [5, 5.41) is 2.22. The van der Waals surface area contributed by atoms with Crippen molar-refractivity contribution in [2.75, 3.05) is 0 Å². The van der Waals surface area contributed by atoms with Gasteiger partial charge >= 0.3 is 17.7 Å². The van der Waals surface area contributed by atoms with Crippen LogP contribution in [0.1, 0.15) is 18.4 Å². The lowest BCUT2D eigenvalue weighted by atomic mass is 10.1. The zero-order valence-corrected chi connectivity index (χ0v) is 16.7. The number of benzene rings is 2. The molecule has 9 heteroatoms. The summed E-state index contributed by atoms with van der Waals surface area (Å²) in [6.45, 7) is 0.132. The molecule has 0 bridgehead atoms. The molecule has 2 atom stereocenters. The van der Waals surface area contributed by atoms with Gasteiger partial charge in [0.1, 0.15) is 6.10 Å². The molecule has 31 heavy (non-hydrogen) atoms. The van der Waals surface area contributed by atoms with E-state index in [0.717, 1.165) is 10.1 Å². The molecule has 0 saturated carbocycles. The van der Waals surface area contributed by atoms with E-state index in [1.807, 2.05) is 30.3 Å². The summed E-state index contributed by atoms with van der Waals surface area (Å²) in [4.78, 5) is 49.7. The van der Waals surface area contributed by atoms with Gasteiger partial charge in [0.15, 0.2) is 0 Å². The number of ether oxygens (including phenoxy) is 1. The van der Waals surface area contributed by atoms with Crippen LogP contribution in [0.15, 0.2) is 59.4 Å². The molecule has 0 aliphatic carbocycles. The van der Waals surface area contributed by atoms with E-state index in [4.69, 9.17) is 10.5 Å². The van der Waals surface area contributed by atoms with Gasteiger partial charge in [0, 0.05) is 6.42 Å². The van der Waals surface area contributed by atoms with Crippen molar-refractivity contribution in [2.45, 2.75) is 38.0 Å². The molecule has 0 radical (unpaired) electrons. The second-order valence-corrected chi connectivity index (χ2v) is 7.46. The Labute approximate surface area is 177 Å². The van der Waals surface area contributed by atoms with Crippen LogP contribution >= 0.6 is 0 Å². The normalized spacial score (nSPS) is 16.8. The molecule has 3 N–H and O–H groups in total. The van der Waals surface area contributed by atoms with Crippen molar-refractivity contribution in [1.29, 1.82) is 0 Å². The standard InChI is InChI=1S/C22H22N4O5/c23-16(12-14-6-2-1-3-7-14)20(28)24-21(29)26-18-9-5-4-8-17(18)25(22(26)30)13-15-10-11-19(27)31-15/h1-9,15-16H,10-13,23H2,(H,24,28,29)/t15?,16-/m0/s1. The Morgan fingerprint density at radius 2 is 1.74 bits per heavy atom. The molecule has 1 fully saturated rings. The number of cyclic esters (lactones) is 1. The van der Waals surface area contributed by atoms with Crippen molar-refractivity contribution in [3.05, 3.63) is 70.6 Å². The summed E-state index contributed by atoms with van der Waals surface area (Å²) in [5.41, 5.74) is 7.04. The number of nitrogens with zero attached hydrogens (tertiary/aromatic N) is 2. The monoisotopic (exact) mass is 422 g/mol. The summed E-state index contributed by atoms with van der Waals surface area (Å²) in [6, 6.07) is 14.1. The van der Waals surface area contributed by atoms with E-state index in [9.17, 15) is 19.2 Å². The number of nitrogens with one attached hydrogen (secondary N) is 1. The highest BCUT2D eigenvalue weighted by Gasteiger charge is 2.27. The predicted octanol–water partition coefficient (Wildman–Crippen LogP) is 1.16. The number of imide groups is 1. The van der Waals surface area contributed by atoms with Crippen LogP contribution in [0.4, 0.5) is 4.79 Å². The van der Waals surface area contributed by atoms with Gasteiger partial charge in [-0.1, -0.05) is 42.5 Å². The van der Waals surface area contributed by atoms with E-state index in [0.29, 0.717) is 23.9 Å². The summed E-state index contributed by atoms with van der Waals surface area (Å²) in [6.07, 6.45) is 0.619. The van der Waals surface area contributed by atoms with E-state index in [1.54, 1.807) is 24.3 Å². The lowest BCUT2D eigenvalue weighted by Crippen LogP contribution is -2.48. The van der Waals surface area contributed by atoms with E-state index >= 15 is 0 Å². The van der Waals surface area contributed by atoms with Crippen LogP contribution in [0.3, 0.4) is 0 Å². The van der Waals surface area contributed by atoms with Gasteiger partial charge in [0.05, 0.1) is 23.6 Å². The maximum Gasteiger partial charge on any atom is 0.337 e. The molecule has 2 aromatic carbocycles. The van der Waals surface area contributed by atoms with Crippen LogP contribution in [0, 0.1) is 0 Å². The highest BCUT2D eigenvalue weighted by atomic mass is 16.5. The molecule has 1 saturated heterocycles. The lowest BCUT2D eigenvalue weighted by molar-refractivity contribution is -0.141. The first-order valence-corrected chi connectivity index (χ1v) is 9.98. The first-order chi connectivity index (χ1) is 14.9. The fourth-order valence-electron chi connectivity index (χ4n) is 3.71. The fourth-order valence-corrected chi connectivity index (χ4v) is 3.71. The van der Waals surface area contributed by atoms with Gasteiger partial charge in [-0.2, -0.15) is 0 Å². The van der Waals surface area contributed by atoms with Gasteiger partial charge in [-0.15, -0.1) is 0 Å². The number of fused-ring (bicyclic) bond motifs is 1. The average Bonchev–Trinajstić information content (AvgIpc) is 3.29. The number of hydrogen-bond donors (Lipinski definition) is 2. The molecule has 4 rings (SSSR count). The number of hydrogen-bond acceptors (Lipinski definition) is 6. The molecular weight excluding hydrogens is 400 g/mol. The van der Waals surface area contributed by atoms with Gasteiger partial charge < -0.3 is 10.5 Å². The Morgan fingerprint density at radius 1 is 1.06 bits per heavy atom. The molecule has 2 amide bonds. The summed E-state index contributed by atoms with van der Waals surface area (Å²) >= 11 is 0.